The lowest BCUT2D eigenvalue weighted by Gasteiger charge is -2.25. The van der Waals surface area contributed by atoms with Crippen LogP contribution in [0.4, 0.5) is 11.4 Å². The highest BCUT2D eigenvalue weighted by Crippen LogP contribution is 2.19. The van der Waals surface area contributed by atoms with Gasteiger partial charge in [0.05, 0.1) is 4.92 Å². The lowest BCUT2D eigenvalue weighted by atomic mass is 10.0. The second-order valence-corrected chi connectivity index (χ2v) is 9.14. The molecule has 9 heteroatoms. The largest absolute Gasteiger partial charge is 0.343 e. The highest BCUT2D eigenvalue weighted by molar-refractivity contribution is 6.08. The van der Waals surface area contributed by atoms with Gasteiger partial charge in [0, 0.05) is 36.9 Å². The van der Waals surface area contributed by atoms with E-state index in [-0.39, 0.29) is 18.0 Å². The quantitative estimate of drug-likeness (QED) is 0.250. The first kappa shape index (κ1) is 27.0. The Morgan fingerprint density at radius 3 is 2.18 bits per heavy atom. The van der Waals surface area contributed by atoms with Gasteiger partial charge in [-0.3, -0.25) is 24.5 Å². The first-order valence-corrected chi connectivity index (χ1v) is 12.4. The van der Waals surface area contributed by atoms with Crippen LogP contribution in [-0.2, 0) is 16.0 Å². The van der Waals surface area contributed by atoms with Gasteiger partial charge in [0.25, 0.3) is 11.6 Å². The Morgan fingerprint density at radius 2 is 1.49 bits per heavy atom. The average Bonchev–Trinajstić information content (AvgIpc) is 2.96. The van der Waals surface area contributed by atoms with E-state index in [0.29, 0.717) is 16.8 Å². The van der Waals surface area contributed by atoms with Crippen LogP contribution >= 0.6 is 0 Å². The van der Waals surface area contributed by atoms with E-state index in [2.05, 4.69) is 10.6 Å². The van der Waals surface area contributed by atoms with Gasteiger partial charge in [0.15, 0.2) is 0 Å². The van der Waals surface area contributed by atoms with Crippen molar-refractivity contribution >= 4 is 39.9 Å². The molecular formula is C30H28N4O5. The molecule has 4 aromatic carbocycles. The zero-order valence-corrected chi connectivity index (χ0v) is 21.5. The zero-order valence-electron chi connectivity index (χ0n) is 21.5. The summed E-state index contributed by atoms with van der Waals surface area (Å²) < 4.78 is 0. The van der Waals surface area contributed by atoms with Crippen LogP contribution in [0.2, 0.25) is 0 Å². The number of nitro benzene ring substituents is 1. The number of fused-ring (bicyclic) bond motifs is 1. The number of carbonyl (C=O) groups is 3. The van der Waals surface area contributed by atoms with Crippen LogP contribution in [0.15, 0.2) is 97.1 Å². The summed E-state index contributed by atoms with van der Waals surface area (Å²) >= 11 is 0. The van der Waals surface area contributed by atoms with Gasteiger partial charge in [0.1, 0.15) is 12.1 Å². The Hall–Kier alpha value is -5.05. The molecule has 4 aromatic rings. The van der Waals surface area contributed by atoms with Gasteiger partial charge in [-0.05, 0) is 41.5 Å². The topological polar surface area (TPSA) is 122 Å². The Labute approximate surface area is 225 Å². The summed E-state index contributed by atoms with van der Waals surface area (Å²) in [7, 11) is 1.62. The molecule has 4 rings (SSSR count). The minimum absolute atomic E-state index is 0.0652. The molecule has 0 aliphatic heterocycles. The number of non-ortho nitro benzene ring substituents is 1. The summed E-state index contributed by atoms with van der Waals surface area (Å²) in [6, 6.07) is 25.7. The number of benzene rings is 4. The monoisotopic (exact) mass is 524 g/mol. The van der Waals surface area contributed by atoms with Gasteiger partial charge in [-0.2, -0.15) is 0 Å². The minimum atomic E-state index is -1.05. The number of rotatable bonds is 9. The number of nitrogens with one attached hydrogen (secondary N) is 2. The number of para-hydroxylation sites is 1. The molecule has 2 atom stereocenters. The summed E-state index contributed by atoms with van der Waals surface area (Å²) in [6.45, 7) is 1.58. The minimum Gasteiger partial charge on any atom is -0.343 e. The van der Waals surface area contributed by atoms with Crippen molar-refractivity contribution < 1.29 is 19.3 Å². The van der Waals surface area contributed by atoms with Gasteiger partial charge in [-0.25, -0.2) is 0 Å². The van der Waals surface area contributed by atoms with Crippen LogP contribution in [-0.4, -0.2) is 41.8 Å². The summed E-state index contributed by atoms with van der Waals surface area (Å²) in [5.74, 6) is -1.33. The maximum absolute atomic E-state index is 13.4. The van der Waals surface area contributed by atoms with Crippen LogP contribution in [0.1, 0.15) is 22.8 Å². The highest BCUT2D eigenvalue weighted by atomic mass is 16.6. The fraction of sp³-hybridized carbons (Fsp3) is 0.167. The molecule has 0 saturated heterocycles. The van der Waals surface area contributed by atoms with Crippen molar-refractivity contribution in [1.29, 1.82) is 0 Å². The molecule has 9 nitrogen and oxygen atoms in total. The van der Waals surface area contributed by atoms with E-state index >= 15 is 0 Å². The third kappa shape index (κ3) is 6.45. The number of amides is 3. The van der Waals surface area contributed by atoms with Crippen molar-refractivity contribution in [2.24, 2.45) is 0 Å². The van der Waals surface area contributed by atoms with E-state index in [1.165, 1.54) is 17.0 Å². The van der Waals surface area contributed by atoms with Crippen molar-refractivity contribution in [1.82, 2.24) is 10.6 Å². The average molecular weight is 525 g/mol. The number of likely N-dealkylation sites (N-methyl/N-ethyl adjacent to an activating group) is 1. The number of anilines is 1. The van der Waals surface area contributed by atoms with Crippen molar-refractivity contribution in [3.63, 3.8) is 0 Å². The normalized spacial score (nSPS) is 12.3. The zero-order chi connectivity index (χ0) is 27.9. The SMILES string of the molecule is CC(NC(=O)[C@@H](Cc1ccc([N+](=O)[O-])cc1)NC(=O)c1cccc2ccccc12)C(=O)N(C)c1ccccc1. The Morgan fingerprint density at radius 1 is 0.846 bits per heavy atom. The molecule has 198 valence electrons. The molecule has 2 N–H and O–H groups in total. The number of nitrogens with zero attached hydrogens (tertiary/aromatic N) is 2. The summed E-state index contributed by atoms with van der Waals surface area (Å²) in [5.41, 5.74) is 1.61. The molecule has 0 fully saturated rings. The lowest BCUT2D eigenvalue weighted by Crippen LogP contribution is -2.53. The Kier molecular flexibility index (Phi) is 8.30. The summed E-state index contributed by atoms with van der Waals surface area (Å²) in [6.07, 6.45) is 0.0652. The van der Waals surface area contributed by atoms with Gasteiger partial charge >= 0.3 is 0 Å². The van der Waals surface area contributed by atoms with E-state index in [1.807, 2.05) is 48.5 Å². The molecule has 3 amide bonds. The molecule has 0 aromatic heterocycles. The van der Waals surface area contributed by atoms with Crippen molar-refractivity contribution in [3.8, 4) is 0 Å². The molecule has 0 aliphatic rings. The van der Waals surface area contributed by atoms with E-state index in [0.717, 1.165) is 10.8 Å². The molecule has 0 bridgehead atoms. The third-order valence-electron chi connectivity index (χ3n) is 6.45. The van der Waals surface area contributed by atoms with E-state index in [4.69, 9.17) is 0 Å². The molecule has 0 spiro atoms. The number of hydrogen-bond donors (Lipinski definition) is 2. The molecule has 0 saturated carbocycles. The van der Waals surface area contributed by atoms with Crippen LogP contribution in [0.25, 0.3) is 10.8 Å². The fourth-order valence-corrected chi connectivity index (χ4v) is 4.30. The molecule has 39 heavy (non-hydrogen) atoms. The van der Waals surface area contributed by atoms with Crippen LogP contribution in [0.5, 0.6) is 0 Å². The predicted molar refractivity (Wildman–Crippen MR) is 149 cm³/mol. The van der Waals surface area contributed by atoms with E-state index in [9.17, 15) is 24.5 Å². The second kappa shape index (κ2) is 12.0. The van der Waals surface area contributed by atoms with Crippen LogP contribution < -0.4 is 15.5 Å². The van der Waals surface area contributed by atoms with Gasteiger partial charge in [-0.1, -0.05) is 66.7 Å². The van der Waals surface area contributed by atoms with Crippen molar-refractivity contribution in [2.45, 2.75) is 25.4 Å². The lowest BCUT2D eigenvalue weighted by molar-refractivity contribution is -0.384. The third-order valence-corrected chi connectivity index (χ3v) is 6.45. The highest BCUT2D eigenvalue weighted by Gasteiger charge is 2.27. The first-order chi connectivity index (χ1) is 18.7. The molecule has 0 radical (unpaired) electrons. The van der Waals surface area contributed by atoms with Gasteiger partial charge in [0.2, 0.25) is 11.8 Å². The van der Waals surface area contributed by atoms with Gasteiger partial charge < -0.3 is 15.5 Å². The fourth-order valence-electron chi connectivity index (χ4n) is 4.30. The maximum atomic E-state index is 13.4. The molecule has 1 unspecified atom stereocenters. The smallest absolute Gasteiger partial charge is 0.269 e. The molecule has 0 heterocycles. The summed E-state index contributed by atoms with van der Waals surface area (Å²) in [5, 5.41) is 18.2. The van der Waals surface area contributed by atoms with Crippen molar-refractivity contribution in [2.75, 3.05) is 11.9 Å². The number of nitro groups is 1. The molecular weight excluding hydrogens is 496 g/mol. The Bertz CT molecular complexity index is 1500. The standard InChI is InChI=1S/C30H28N4O5/c1-20(30(37)33(2)23-11-4-3-5-12-23)31-29(36)27(19-21-15-17-24(18-16-21)34(38)39)32-28(35)26-14-8-10-22-9-6-7-13-25(22)26/h3-18,20,27H,19H2,1-2H3,(H,31,36)(H,32,35)/t20?,27-/m1/s1. The number of carbonyl (C=O) groups excluding carboxylic acids is 3. The van der Waals surface area contributed by atoms with E-state index < -0.39 is 28.8 Å². The Balaban J connectivity index is 1.56. The first-order valence-electron chi connectivity index (χ1n) is 12.4. The second-order valence-electron chi connectivity index (χ2n) is 9.14. The molecule has 0 aliphatic carbocycles. The maximum Gasteiger partial charge on any atom is 0.269 e. The van der Waals surface area contributed by atoms with Crippen molar-refractivity contribution in [3.05, 3.63) is 118 Å². The van der Waals surface area contributed by atoms with Crippen LogP contribution in [0.3, 0.4) is 0 Å². The summed E-state index contributed by atoms with van der Waals surface area (Å²) in [4.78, 5) is 51.8. The van der Waals surface area contributed by atoms with Gasteiger partial charge in [-0.15, -0.1) is 0 Å². The number of hydrogen-bond acceptors (Lipinski definition) is 5. The van der Waals surface area contributed by atoms with E-state index in [1.54, 1.807) is 50.4 Å². The predicted octanol–water partition coefficient (Wildman–Crippen LogP) is 4.26. The van der Waals surface area contributed by atoms with Crippen LogP contribution in [0, 0.1) is 10.1 Å².